The molecule has 1 unspecified atom stereocenters. The number of nitrogens with one attached hydrogen (secondary N) is 1. The number of fused-ring (bicyclic) bond motifs is 1. The fraction of sp³-hybridized carbons (Fsp3) is 0.281. The first kappa shape index (κ1) is 30.5. The molecule has 12 heteroatoms. The van der Waals surface area contributed by atoms with E-state index in [1.165, 1.54) is 5.69 Å². The van der Waals surface area contributed by atoms with Crippen LogP contribution in [0.25, 0.3) is 11.0 Å². The van der Waals surface area contributed by atoms with Crippen molar-refractivity contribution in [3.8, 4) is 0 Å². The quantitative estimate of drug-likeness (QED) is 0.239. The fourth-order valence-electron chi connectivity index (χ4n) is 5.71. The fourth-order valence-corrected chi connectivity index (χ4v) is 5.71. The third kappa shape index (κ3) is 5.92. The molecule has 230 valence electrons. The summed E-state index contributed by atoms with van der Waals surface area (Å²) >= 11 is 0. The van der Waals surface area contributed by atoms with Crippen molar-refractivity contribution in [1.29, 1.82) is 0 Å². The Morgan fingerprint density at radius 2 is 1.64 bits per heavy atom. The summed E-state index contributed by atoms with van der Waals surface area (Å²) < 4.78 is 38.2. The predicted octanol–water partition coefficient (Wildman–Crippen LogP) is 6.08. The molecule has 0 amide bonds. The van der Waals surface area contributed by atoms with Gasteiger partial charge in [0.05, 0.1) is 22.5 Å². The SMILES string of the molecule is Cc1cc(C(C)Nc2ccccc2C(=O)O)c2oc(N3CC4(CCN4c4ccccc4)C3)cc(=O)c2c1.O=C(O)C(F)(F)F. The third-order valence-corrected chi connectivity index (χ3v) is 7.95. The summed E-state index contributed by atoms with van der Waals surface area (Å²) in [6.07, 6.45) is -3.97. The number of hydrogen-bond acceptors (Lipinski definition) is 7. The van der Waals surface area contributed by atoms with Gasteiger partial charge in [-0.15, -0.1) is 0 Å². The number of aryl methyl sites for hydroxylation is 1. The lowest BCUT2D eigenvalue weighted by Crippen LogP contribution is -2.77. The van der Waals surface area contributed by atoms with Gasteiger partial charge in [0.15, 0.2) is 11.3 Å². The Balaban J connectivity index is 0.000000493. The van der Waals surface area contributed by atoms with Crippen molar-refractivity contribution < 1.29 is 37.4 Å². The molecule has 3 aromatic carbocycles. The lowest BCUT2D eigenvalue weighted by atomic mass is 9.77. The molecule has 0 bridgehead atoms. The van der Waals surface area contributed by atoms with Crippen molar-refractivity contribution in [2.45, 2.75) is 38.0 Å². The number of carboxylic acids is 2. The first-order valence-electron chi connectivity index (χ1n) is 13.8. The summed E-state index contributed by atoms with van der Waals surface area (Å²) in [6.45, 7) is 6.53. The van der Waals surface area contributed by atoms with E-state index in [1.807, 2.05) is 32.0 Å². The molecule has 9 nitrogen and oxygen atoms in total. The largest absolute Gasteiger partial charge is 0.490 e. The van der Waals surface area contributed by atoms with Crippen molar-refractivity contribution >= 4 is 40.2 Å². The summed E-state index contributed by atoms with van der Waals surface area (Å²) in [5, 5.41) is 20.6. The maximum absolute atomic E-state index is 13.2. The molecule has 1 atom stereocenters. The Bertz CT molecular complexity index is 1770. The lowest BCUT2D eigenvalue weighted by molar-refractivity contribution is -0.192. The number of nitrogens with zero attached hydrogens (tertiary/aromatic N) is 2. The van der Waals surface area contributed by atoms with Gasteiger partial charge in [-0.25, -0.2) is 9.59 Å². The summed E-state index contributed by atoms with van der Waals surface area (Å²) in [5.74, 6) is -3.18. The van der Waals surface area contributed by atoms with Crippen LogP contribution in [0.15, 0.2) is 82.0 Å². The number of carbonyl (C=O) groups is 2. The number of benzene rings is 3. The highest BCUT2D eigenvalue weighted by Gasteiger charge is 2.54. The molecule has 0 aliphatic carbocycles. The van der Waals surface area contributed by atoms with Crippen LogP contribution in [0.4, 0.5) is 30.4 Å². The molecule has 0 saturated carbocycles. The number of aromatic carboxylic acids is 1. The number of halogens is 3. The Kier molecular flexibility index (Phi) is 8.02. The Morgan fingerprint density at radius 1 is 1.00 bits per heavy atom. The molecule has 1 aromatic heterocycles. The second-order valence-electron chi connectivity index (χ2n) is 11.0. The first-order valence-corrected chi connectivity index (χ1v) is 13.8. The van der Waals surface area contributed by atoms with Crippen LogP contribution in [0.3, 0.4) is 0 Å². The van der Waals surface area contributed by atoms with Gasteiger partial charge in [-0.2, -0.15) is 13.2 Å². The number of carboxylic acid groups (broad SMARTS) is 2. The van der Waals surface area contributed by atoms with Gasteiger partial charge in [-0.05, 0) is 56.2 Å². The Hall–Kier alpha value is -5.00. The highest BCUT2D eigenvalue weighted by molar-refractivity contribution is 5.94. The standard InChI is InChI=1S/C30H29N3O4.C2HF3O2/c1-19-14-23(20(2)31-25-11-7-6-10-22(25)29(35)36)28-24(15-19)26(34)16-27(37-28)32-17-30(18-32)12-13-33(30)21-8-4-3-5-9-21;3-2(4,5)1(6)7/h3-11,14-16,20,31H,12-13,17-18H2,1-2H3,(H,35,36);(H,6,7). The summed E-state index contributed by atoms with van der Waals surface area (Å²) in [5.41, 5.74) is 4.25. The van der Waals surface area contributed by atoms with Crippen molar-refractivity contribution in [3.63, 3.8) is 0 Å². The van der Waals surface area contributed by atoms with Crippen LogP contribution in [0.2, 0.25) is 0 Å². The summed E-state index contributed by atoms with van der Waals surface area (Å²) in [4.78, 5) is 38.4. The molecule has 4 aromatic rings. The van der Waals surface area contributed by atoms with Gasteiger partial charge in [0.1, 0.15) is 5.58 Å². The van der Waals surface area contributed by atoms with Gasteiger partial charge in [-0.1, -0.05) is 36.4 Å². The van der Waals surface area contributed by atoms with Gasteiger partial charge in [0.25, 0.3) is 0 Å². The maximum atomic E-state index is 13.2. The van der Waals surface area contributed by atoms with Crippen LogP contribution in [-0.4, -0.2) is 53.5 Å². The molecule has 2 aliphatic heterocycles. The zero-order valence-corrected chi connectivity index (χ0v) is 23.9. The number of aliphatic carboxylic acids is 1. The molecule has 1 spiro atoms. The van der Waals surface area contributed by atoms with Crippen LogP contribution in [0.1, 0.15) is 40.9 Å². The van der Waals surface area contributed by atoms with Gasteiger partial charge < -0.3 is 29.7 Å². The van der Waals surface area contributed by atoms with Crippen molar-refractivity contribution in [2.24, 2.45) is 0 Å². The molecule has 2 fully saturated rings. The minimum absolute atomic E-state index is 0.0752. The maximum Gasteiger partial charge on any atom is 0.490 e. The van der Waals surface area contributed by atoms with Crippen LogP contribution >= 0.6 is 0 Å². The molecule has 2 aliphatic rings. The van der Waals surface area contributed by atoms with E-state index >= 15 is 0 Å². The molecule has 44 heavy (non-hydrogen) atoms. The minimum atomic E-state index is -5.08. The average molecular weight is 610 g/mol. The average Bonchev–Trinajstić information content (AvgIpc) is 2.92. The van der Waals surface area contributed by atoms with Gasteiger partial charge >= 0.3 is 18.1 Å². The Morgan fingerprint density at radius 3 is 2.23 bits per heavy atom. The van der Waals surface area contributed by atoms with E-state index in [-0.39, 0.29) is 22.6 Å². The predicted molar refractivity (Wildman–Crippen MR) is 160 cm³/mol. The smallest absolute Gasteiger partial charge is 0.478 e. The Labute approximate surface area is 250 Å². The lowest BCUT2D eigenvalue weighted by Gasteiger charge is -2.63. The highest BCUT2D eigenvalue weighted by Crippen LogP contribution is 2.44. The van der Waals surface area contributed by atoms with E-state index in [0.717, 1.165) is 37.2 Å². The zero-order valence-electron chi connectivity index (χ0n) is 23.9. The highest BCUT2D eigenvalue weighted by atomic mass is 19.4. The summed E-state index contributed by atoms with van der Waals surface area (Å²) in [6, 6.07) is 22.4. The third-order valence-electron chi connectivity index (χ3n) is 7.95. The minimum Gasteiger partial charge on any atom is -0.478 e. The number of alkyl halides is 3. The molecule has 0 radical (unpaired) electrons. The van der Waals surface area contributed by atoms with Crippen molar-refractivity contribution in [3.05, 3.63) is 99.7 Å². The first-order chi connectivity index (χ1) is 20.8. The molecular formula is C32H30F3N3O6. The van der Waals surface area contributed by atoms with Gasteiger partial charge in [-0.3, -0.25) is 4.79 Å². The number of hydrogen-bond donors (Lipinski definition) is 3. The van der Waals surface area contributed by atoms with E-state index in [2.05, 4.69) is 39.4 Å². The van der Waals surface area contributed by atoms with E-state index in [9.17, 15) is 27.9 Å². The van der Waals surface area contributed by atoms with Crippen LogP contribution in [0, 0.1) is 6.92 Å². The van der Waals surface area contributed by atoms with E-state index < -0.39 is 18.1 Å². The number of anilines is 3. The molecule has 3 heterocycles. The van der Waals surface area contributed by atoms with Crippen molar-refractivity contribution in [1.82, 2.24) is 0 Å². The van der Waals surface area contributed by atoms with E-state index in [0.29, 0.717) is 22.5 Å². The van der Waals surface area contributed by atoms with Gasteiger partial charge in [0, 0.05) is 42.6 Å². The molecular weight excluding hydrogens is 579 g/mol. The van der Waals surface area contributed by atoms with Crippen molar-refractivity contribution in [2.75, 3.05) is 34.8 Å². The normalized spacial score (nSPS) is 15.9. The van der Waals surface area contributed by atoms with Crippen LogP contribution in [0.5, 0.6) is 0 Å². The van der Waals surface area contributed by atoms with Gasteiger partial charge in [0.2, 0.25) is 0 Å². The number of rotatable bonds is 6. The monoisotopic (exact) mass is 609 g/mol. The van der Waals surface area contributed by atoms with Crippen LogP contribution in [-0.2, 0) is 4.79 Å². The van der Waals surface area contributed by atoms with E-state index in [1.54, 1.807) is 30.3 Å². The molecule has 6 rings (SSSR count). The number of para-hydroxylation sites is 2. The second-order valence-corrected chi connectivity index (χ2v) is 11.0. The topological polar surface area (TPSA) is 123 Å². The van der Waals surface area contributed by atoms with E-state index in [4.69, 9.17) is 14.3 Å². The molecule has 3 N–H and O–H groups in total. The second kappa shape index (κ2) is 11.6. The summed E-state index contributed by atoms with van der Waals surface area (Å²) in [7, 11) is 0. The zero-order chi connectivity index (χ0) is 31.8. The van der Waals surface area contributed by atoms with Crippen LogP contribution < -0.4 is 20.5 Å². The molecule has 2 saturated heterocycles.